The second kappa shape index (κ2) is 12.7. The number of nitrogens with one attached hydrogen (secondary N) is 3. The molecule has 4 unspecified atom stereocenters. The number of aromatic nitrogens is 2. The molecule has 1 aliphatic rings. The molecule has 3 amide bonds. The van der Waals surface area contributed by atoms with Crippen molar-refractivity contribution in [2.45, 2.75) is 56.3 Å². The molecule has 1 aromatic carbocycles. The first kappa shape index (κ1) is 28.1. The fraction of sp³-hybridized carbons (Fsp3) is 0.417. The van der Waals surface area contributed by atoms with E-state index in [0.29, 0.717) is 17.7 Å². The predicted octanol–water partition coefficient (Wildman–Crippen LogP) is -1.25. The van der Waals surface area contributed by atoms with E-state index in [1.807, 2.05) is 0 Å². The molecule has 1 saturated heterocycles. The number of hydrogen-bond acceptors (Lipinski definition) is 8. The van der Waals surface area contributed by atoms with Crippen molar-refractivity contribution in [3.63, 3.8) is 0 Å². The molecule has 0 radical (unpaired) electrons. The van der Waals surface area contributed by atoms with E-state index < -0.39 is 60.2 Å². The number of hydrogen-bond donors (Lipinski definition) is 7. The molecule has 0 bridgehead atoms. The molecule has 1 aromatic heterocycles. The lowest BCUT2D eigenvalue weighted by atomic mass is 10.0. The molecule has 2 heterocycles. The molecule has 14 nitrogen and oxygen atoms in total. The summed E-state index contributed by atoms with van der Waals surface area (Å²) in [5, 5.41) is 33.2. The molecule has 4 atom stereocenters. The molecule has 38 heavy (non-hydrogen) atoms. The van der Waals surface area contributed by atoms with Crippen LogP contribution < -0.4 is 16.4 Å². The number of rotatable bonds is 12. The number of carboxylic acids is 2. The first-order chi connectivity index (χ1) is 18.0. The Morgan fingerprint density at radius 2 is 1.74 bits per heavy atom. The highest BCUT2D eigenvalue weighted by molar-refractivity contribution is 5.96. The highest BCUT2D eigenvalue weighted by Crippen LogP contribution is 2.20. The Morgan fingerprint density at radius 3 is 2.34 bits per heavy atom. The fourth-order valence-electron chi connectivity index (χ4n) is 4.22. The molecule has 1 aliphatic heterocycles. The van der Waals surface area contributed by atoms with Gasteiger partial charge in [0, 0.05) is 31.3 Å². The summed E-state index contributed by atoms with van der Waals surface area (Å²) in [7, 11) is 0. The quantitative estimate of drug-likeness (QED) is 0.172. The molecule has 2 aromatic rings. The Morgan fingerprint density at radius 1 is 1.05 bits per heavy atom. The van der Waals surface area contributed by atoms with Crippen LogP contribution in [0.5, 0.6) is 5.75 Å². The number of nitrogens with two attached hydrogens (primary N) is 1. The first-order valence-corrected chi connectivity index (χ1v) is 11.9. The van der Waals surface area contributed by atoms with Gasteiger partial charge in [-0.2, -0.15) is 0 Å². The summed E-state index contributed by atoms with van der Waals surface area (Å²) < 4.78 is 0. The zero-order valence-electron chi connectivity index (χ0n) is 20.4. The maximum absolute atomic E-state index is 13.4. The van der Waals surface area contributed by atoms with Gasteiger partial charge in [-0.3, -0.25) is 19.2 Å². The molecule has 0 aliphatic carbocycles. The van der Waals surface area contributed by atoms with E-state index in [9.17, 15) is 39.3 Å². The van der Waals surface area contributed by atoms with Crippen molar-refractivity contribution in [2.75, 3.05) is 6.54 Å². The molecule has 3 rings (SSSR count). The monoisotopic (exact) mass is 530 g/mol. The maximum atomic E-state index is 13.4. The van der Waals surface area contributed by atoms with Gasteiger partial charge in [0.25, 0.3) is 0 Å². The van der Waals surface area contributed by atoms with Gasteiger partial charge in [0.05, 0.1) is 18.8 Å². The maximum Gasteiger partial charge on any atom is 0.326 e. The fourth-order valence-corrected chi connectivity index (χ4v) is 4.22. The Labute approximate surface area is 217 Å². The van der Waals surface area contributed by atoms with E-state index in [4.69, 9.17) is 5.73 Å². The van der Waals surface area contributed by atoms with Crippen molar-refractivity contribution >= 4 is 29.7 Å². The molecule has 8 N–H and O–H groups in total. The van der Waals surface area contributed by atoms with E-state index >= 15 is 0 Å². The molecular formula is C24H30N6O8. The lowest BCUT2D eigenvalue weighted by molar-refractivity contribution is -0.149. The number of amides is 3. The normalized spacial score (nSPS) is 17.3. The second-order valence-electron chi connectivity index (χ2n) is 9.01. The van der Waals surface area contributed by atoms with Gasteiger partial charge in [0.2, 0.25) is 17.7 Å². The van der Waals surface area contributed by atoms with E-state index in [2.05, 4.69) is 20.6 Å². The van der Waals surface area contributed by atoms with Crippen LogP contribution in [0.15, 0.2) is 36.8 Å². The van der Waals surface area contributed by atoms with Gasteiger partial charge < -0.3 is 41.6 Å². The van der Waals surface area contributed by atoms with E-state index in [-0.39, 0.29) is 31.6 Å². The number of imidazole rings is 1. The van der Waals surface area contributed by atoms with Crippen LogP contribution in [0.25, 0.3) is 0 Å². The molecule has 0 spiro atoms. The van der Waals surface area contributed by atoms with Gasteiger partial charge in [-0.1, -0.05) is 12.1 Å². The summed E-state index contributed by atoms with van der Waals surface area (Å²) in [6.07, 6.45) is 2.80. The number of H-pyrrole nitrogens is 1. The average Bonchev–Trinajstić information content (AvgIpc) is 3.56. The van der Waals surface area contributed by atoms with Crippen LogP contribution >= 0.6 is 0 Å². The van der Waals surface area contributed by atoms with E-state index in [0.717, 1.165) is 0 Å². The number of likely N-dealkylation sites (tertiary alicyclic amines) is 1. The van der Waals surface area contributed by atoms with Gasteiger partial charge in [0.15, 0.2) is 0 Å². The topological polar surface area (TPSA) is 228 Å². The van der Waals surface area contributed by atoms with Crippen molar-refractivity contribution in [3.8, 4) is 5.75 Å². The van der Waals surface area contributed by atoms with Crippen LogP contribution in [0.4, 0.5) is 0 Å². The Hall–Kier alpha value is -4.46. The average molecular weight is 531 g/mol. The number of nitrogens with zero attached hydrogens (tertiary/aromatic N) is 2. The number of carbonyl (C=O) groups excluding carboxylic acids is 3. The van der Waals surface area contributed by atoms with Crippen LogP contribution in [-0.2, 0) is 36.8 Å². The Bertz CT molecular complexity index is 1150. The second-order valence-corrected chi connectivity index (χ2v) is 9.01. The lowest BCUT2D eigenvalue weighted by Crippen LogP contribution is -2.58. The van der Waals surface area contributed by atoms with Crippen LogP contribution in [0, 0.1) is 0 Å². The summed E-state index contributed by atoms with van der Waals surface area (Å²) in [4.78, 5) is 70.1. The highest BCUT2D eigenvalue weighted by Gasteiger charge is 2.38. The van der Waals surface area contributed by atoms with Crippen molar-refractivity contribution in [3.05, 3.63) is 48.0 Å². The minimum Gasteiger partial charge on any atom is -0.508 e. The molecule has 0 saturated carbocycles. The summed E-state index contributed by atoms with van der Waals surface area (Å²) >= 11 is 0. The van der Waals surface area contributed by atoms with Gasteiger partial charge in [0.1, 0.15) is 23.9 Å². The number of aromatic hydroxyl groups is 1. The van der Waals surface area contributed by atoms with Crippen LogP contribution in [0.3, 0.4) is 0 Å². The van der Waals surface area contributed by atoms with Crippen molar-refractivity contribution in [1.29, 1.82) is 0 Å². The number of benzene rings is 1. The van der Waals surface area contributed by atoms with Gasteiger partial charge in [-0.25, -0.2) is 9.78 Å². The highest BCUT2D eigenvalue weighted by atomic mass is 16.4. The summed E-state index contributed by atoms with van der Waals surface area (Å²) in [5.41, 5.74) is 7.01. The number of phenolic OH excluding ortho intramolecular Hbond substituents is 1. The van der Waals surface area contributed by atoms with Crippen molar-refractivity contribution < 1.29 is 39.3 Å². The number of carboxylic acid groups (broad SMARTS) is 2. The molecular weight excluding hydrogens is 500 g/mol. The van der Waals surface area contributed by atoms with Gasteiger partial charge in [-0.15, -0.1) is 0 Å². The third-order valence-electron chi connectivity index (χ3n) is 6.15. The molecule has 14 heteroatoms. The number of phenols is 1. The summed E-state index contributed by atoms with van der Waals surface area (Å²) in [5.74, 6) is -4.95. The first-order valence-electron chi connectivity index (χ1n) is 11.9. The molecule has 1 fully saturated rings. The number of aliphatic carboxylic acids is 2. The SMILES string of the molecule is NC(Cc1cnc[nH]1)C(=O)NC(CC(=O)O)C(=O)NC(Cc1ccc(O)cc1)C(=O)N1CCCC1C(=O)O. The minimum atomic E-state index is -1.56. The van der Waals surface area contributed by atoms with Crippen molar-refractivity contribution in [2.24, 2.45) is 5.73 Å². The largest absolute Gasteiger partial charge is 0.508 e. The summed E-state index contributed by atoms with van der Waals surface area (Å²) in [6.45, 7) is 0.176. The minimum absolute atomic E-state index is 0.0122. The van der Waals surface area contributed by atoms with E-state index in [1.165, 1.54) is 41.7 Å². The van der Waals surface area contributed by atoms with Gasteiger partial charge >= 0.3 is 11.9 Å². The smallest absolute Gasteiger partial charge is 0.326 e. The van der Waals surface area contributed by atoms with Crippen LogP contribution in [-0.4, -0.2) is 90.6 Å². The number of aromatic amines is 1. The third-order valence-corrected chi connectivity index (χ3v) is 6.15. The Balaban J connectivity index is 1.78. The standard InChI is InChI=1S/C24H30N6O8/c25-16(9-14-11-26-12-27-14)21(34)28-17(10-20(32)33)22(35)29-18(8-13-3-5-15(31)6-4-13)23(36)30-7-1-2-19(30)24(37)38/h3-6,11-12,16-19,31H,1-2,7-10,25H2,(H,26,27)(H,28,34)(H,29,35)(H,32,33)(H,37,38). The zero-order valence-corrected chi connectivity index (χ0v) is 20.4. The van der Waals surface area contributed by atoms with Crippen molar-refractivity contribution in [1.82, 2.24) is 25.5 Å². The van der Waals surface area contributed by atoms with Gasteiger partial charge in [-0.05, 0) is 30.5 Å². The molecule has 204 valence electrons. The third kappa shape index (κ3) is 7.52. The predicted molar refractivity (Wildman–Crippen MR) is 131 cm³/mol. The lowest BCUT2D eigenvalue weighted by Gasteiger charge is -2.29. The van der Waals surface area contributed by atoms with Crippen LogP contribution in [0.1, 0.15) is 30.5 Å². The van der Waals surface area contributed by atoms with Crippen LogP contribution in [0.2, 0.25) is 0 Å². The zero-order chi connectivity index (χ0) is 27.8. The number of carbonyl (C=O) groups is 5. The van der Waals surface area contributed by atoms with E-state index in [1.54, 1.807) is 0 Å². The Kier molecular flexibility index (Phi) is 9.38. The summed E-state index contributed by atoms with van der Waals surface area (Å²) in [6, 6.07) is 0.852.